The number of furan rings is 1. The van der Waals surface area contributed by atoms with Crippen molar-refractivity contribution in [3.8, 4) is 11.3 Å². The van der Waals surface area contributed by atoms with E-state index >= 15 is 0 Å². The Morgan fingerprint density at radius 1 is 0.675 bits per heavy atom. The molecule has 8 rings (SSSR count). The molecule has 0 fully saturated rings. The minimum Gasteiger partial charge on any atom is -0.454 e. The quantitative estimate of drug-likeness (QED) is 0.219. The molecule has 0 spiro atoms. The predicted octanol–water partition coefficient (Wildman–Crippen LogP) is 6.58. The average molecular weight is 570 g/mol. The Labute approximate surface area is 241 Å². The fraction of sp³-hybridized carbons (Fsp3) is 0. The van der Waals surface area contributed by atoms with Gasteiger partial charge in [-0.15, -0.1) is 0 Å². The molecule has 8 aromatic rings. The summed E-state index contributed by atoms with van der Waals surface area (Å²) in [5.74, 6) is 0.706. The van der Waals surface area contributed by atoms with Gasteiger partial charge in [-0.2, -0.15) is 0 Å². The zero-order chi connectivity index (χ0) is 26.0. The Morgan fingerprint density at radius 3 is 2.33 bits per heavy atom. The first-order chi connectivity index (χ1) is 19.3. The van der Waals surface area contributed by atoms with Crippen molar-refractivity contribution in [1.29, 1.82) is 0 Å². The van der Waals surface area contributed by atoms with Crippen LogP contribution in [0, 0.1) is 0 Å². The number of imidazole rings is 1. The molecule has 186 valence electrons. The van der Waals surface area contributed by atoms with Gasteiger partial charge >= 0.3 is 19.5 Å². The van der Waals surface area contributed by atoms with Gasteiger partial charge in [-0.25, -0.2) is 0 Å². The topological polar surface area (TPSA) is 92.4 Å². The van der Waals surface area contributed by atoms with Crippen molar-refractivity contribution in [3.63, 3.8) is 0 Å². The van der Waals surface area contributed by atoms with Crippen LogP contribution < -0.4 is 15.5 Å². The van der Waals surface area contributed by atoms with E-state index in [1.165, 1.54) is 0 Å². The number of hydrogen-bond acceptors (Lipinski definition) is 5. The van der Waals surface area contributed by atoms with Gasteiger partial charge in [0.05, 0.1) is 11.2 Å². The molecule has 7 nitrogen and oxygen atoms in total. The third kappa shape index (κ3) is 4.70. The molecular formula is C32H20N6OZn. The van der Waals surface area contributed by atoms with Crippen LogP contribution in [0.2, 0.25) is 0 Å². The largest absolute Gasteiger partial charge is 2.00 e. The van der Waals surface area contributed by atoms with Crippen LogP contribution in [-0.4, -0.2) is 15.0 Å². The van der Waals surface area contributed by atoms with Gasteiger partial charge in [-0.1, -0.05) is 85.5 Å². The summed E-state index contributed by atoms with van der Waals surface area (Å²) in [6, 6.07) is 29.9. The Bertz CT molecular complexity index is 2140. The van der Waals surface area contributed by atoms with E-state index in [1.54, 1.807) is 31.1 Å². The zero-order valence-corrected chi connectivity index (χ0v) is 24.3. The molecule has 0 aliphatic rings. The first-order valence-electron chi connectivity index (χ1n) is 12.4. The van der Waals surface area contributed by atoms with Crippen molar-refractivity contribution in [2.75, 3.05) is 0 Å². The van der Waals surface area contributed by atoms with Crippen LogP contribution in [0.5, 0.6) is 0 Å². The van der Waals surface area contributed by atoms with E-state index in [-0.39, 0.29) is 19.5 Å². The molecule has 0 radical (unpaired) electrons. The number of fused-ring (bicyclic) bond motifs is 5. The molecule has 40 heavy (non-hydrogen) atoms. The van der Waals surface area contributed by atoms with Gasteiger partial charge in [0.25, 0.3) is 0 Å². The number of hydrogen-bond donors (Lipinski definition) is 0. The third-order valence-electron chi connectivity index (χ3n) is 6.51. The van der Waals surface area contributed by atoms with Gasteiger partial charge in [0.2, 0.25) is 0 Å². The molecule has 5 aromatic heterocycles. The van der Waals surface area contributed by atoms with Crippen LogP contribution in [0.25, 0.3) is 54.9 Å². The summed E-state index contributed by atoms with van der Waals surface area (Å²) in [6.45, 7) is 0. The van der Waals surface area contributed by atoms with Crippen molar-refractivity contribution in [2.45, 2.75) is 0 Å². The van der Waals surface area contributed by atoms with Crippen molar-refractivity contribution < 1.29 is 23.9 Å². The van der Waals surface area contributed by atoms with E-state index in [1.807, 2.05) is 78.9 Å². The van der Waals surface area contributed by atoms with Crippen LogP contribution in [-0.2, 0) is 19.5 Å². The number of rotatable bonds is 2. The molecule has 0 unspecified atom stereocenters. The minimum absolute atomic E-state index is 0. The minimum atomic E-state index is 0. The summed E-state index contributed by atoms with van der Waals surface area (Å²) in [5.41, 5.74) is 5.03. The molecule has 0 N–H and O–H groups in total. The number of aromatic nitrogens is 5. The first kappa shape index (κ1) is 25.3. The standard InChI is InChI=1S/C18H12N3.C14H8N3O.Zn/c1-3-7-15-13(5-1)9-11-19-17(15)21-18-16-8-4-2-6-14(16)10-12-20-18;1-3-9(10-7-15-8-17-10)13-11(4-1)18-12-5-2-6-16-14(12)13;/h1-12H;1-8H;/q2*-1;+2. The molecule has 8 heteroatoms. The molecule has 0 aliphatic heterocycles. The van der Waals surface area contributed by atoms with Crippen LogP contribution in [0.1, 0.15) is 0 Å². The van der Waals surface area contributed by atoms with Crippen molar-refractivity contribution in [1.82, 2.24) is 24.9 Å². The van der Waals surface area contributed by atoms with Crippen molar-refractivity contribution in [2.24, 2.45) is 4.99 Å². The summed E-state index contributed by atoms with van der Waals surface area (Å²) in [4.78, 5) is 26.1. The van der Waals surface area contributed by atoms with Gasteiger partial charge in [0.1, 0.15) is 11.1 Å². The molecule has 0 atom stereocenters. The fourth-order valence-corrected chi connectivity index (χ4v) is 4.71. The van der Waals surface area contributed by atoms with Gasteiger partial charge in [-0.3, -0.25) is 9.97 Å². The second kappa shape index (κ2) is 11.0. The van der Waals surface area contributed by atoms with Crippen molar-refractivity contribution in [3.05, 3.63) is 128 Å². The van der Waals surface area contributed by atoms with Crippen LogP contribution in [0.3, 0.4) is 0 Å². The van der Waals surface area contributed by atoms with Crippen LogP contribution >= 0.6 is 0 Å². The van der Waals surface area contributed by atoms with Crippen molar-refractivity contribution >= 4 is 49.4 Å². The second-order valence-electron chi connectivity index (χ2n) is 8.86. The molecular weight excluding hydrogens is 550 g/mol. The van der Waals surface area contributed by atoms with Gasteiger partial charge in [0.15, 0.2) is 5.58 Å². The smallest absolute Gasteiger partial charge is 0.454 e. The zero-order valence-electron chi connectivity index (χ0n) is 21.3. The monoisotopic (exact) mass is 568 g/mol. The normalized spacial score (nSPS) is 11.4. The summed E-state index contributed by atoms with van der Waals surface area (Å²) in [5, 5.41) is 5.33. The molecule has 0 saturated carbocycles. The second-order valence-corrected chi connectivity index (χ2v) is 8.86. The summed E-state index contributed by atoms with van der Waals surface area (Å²) in [7, 11) is 0. The van der Waals surface area contributed by atoms with Gasteiger partial charge in [-0.05, 0) is 57.2 Å². The molecule has 0 aliphatic carbocycles. The number of pyridine rings is 3. The number of nitrogens with zero attached hydrogens (tertiary/aromatic N) is 6. The SMILES string of the molecule is [Zn+2].c1ccc2c(N=c3[n-]ccc4ccccc34)nccc2c1.c1cnc2c(c1)oc1cccc(-c3cnc[n-]3)c12. The van der Waals surface area contributed by atoms with E-state index in [9.17, 15) is 0 Å². The van der Waals surface area contributed by atoms with Crippen LogP contribution in [0.4, 0.5) is 5.82 Å². The molecule has 5 heterocycles. The molecule has 3 aromatic carbocycles. The predicted molar refractivity (Wildman–Crippen MR) is 152 cm³/mol. The van der Waals surface area contributed by atoms with Gasteiger partial charge < -0.3 is 24.4 Å². The Kier molecular flexibility index (Phi) is 7.00. The van der Waals surface area contributed by atoms with E-state index in [4.69, 9.17) is 4.42 Å². The summed E-state index contributed by atoms with van der Waals surface area (Å²) in [6.07, 6.45) is 8.63. The van der Waals surface area contributed by atoms with E-state index in [2.05, 4.69) is 42.0 Å². The van der Waals surface area contributed by atoms with E-state index in [0.29, 0.717) is 11.3 Å². The maximum absolute atomic E-state index is 5.78. The molecule has 0 saturated heterocycles. The molecule has 0 amide bonds. The Balaban J connectivity index is 0.000000143. The average Bonchev–Trinajstić information content (AvgIpc) is 3.67. The first-order valence-corrected chi connectivity index (χ1v) is 12.4. The number of benzene rings is 3. The summed E-state index contributed by atoms with van der Waals surface area (Å²) < 4.78 is 5.78. The maximum Gasteiger partial charge on any atom is 2.00 e. The van der Waals surface area contributed by atoms with E-state index < -0.39 is 0 Å². The Morgan fingerprint density at radius 2 is 1.48 bits per heavy atom. The maximum atomic E-state index is 5.78. The third-order valence-corrected chi connectivity index (χ3v) is 6.51. The Hall–Kier alpha value is -4.94. The van der Waals surface area contributed by atoms with Crippen LogP contribution in [0.15, 0.2) is 132 Å². The molecule has 0 bridgehead atoms. The fourth-order valence-electron chi connectivity index (χ4n) is 4.71. The van der Waals surface area contributed by atoms with E-state index in [0.717, 1.165) is 54.9 Å². The van der Waals surface area contributed by atoms with Gasteiger partial charge in [0, 0.05) is 17.8 Å². The summed E-state index contributed by atoms with van der Waals surface area (Å²) >= 11 is 0.